The Hall–Kier alpha value is -2.16. The first-order valence-corrected chi connectivity index (χ1v) is 10.0. The molecular weight excluding hydrogens is 413 g/mol. The Morgan fingerprint density at radius 1 is 1.15 bits per heavy atom. The molecule has 0 spiro atoms. The molecule has 0 saturated heterocycles. The number of rotatable bonds is 2. The van der Waals surface area contributed by atoms with E-state index in [-0.39, 0.29) is 32.8 Å². The molecule has 2 aromatic rings. The lowest BCUT2D eigenvalue weighted by atomic mass is 9.97. The Balaban J connectivity index is 2.34. The van der Waals surface area contributed by atoms with Crippen LogP contribution >= 0.6 is 23.2 Å². The fourth-order valence-electron chi connectivity index (χ4n) is 2.27. The number of ether oxygens (including phenoxy) is 1. The highest BCUT2D eigenvalue weighted by Gasteiger charge is 2.38. The summed E-state index contributed by atoms with van der Waals surface area (Å²) in [6.07, 6.45) is 2.69. The molecule has 3 rings (SSSR count). The van der Waals surface area contributed by atoms with Crippen LogP contribution in [0.3, 0.4) is 0 Å². The van der Waals surface area contributed by atoms with Crippen LogP contribution in [-0.4, -0.2) is 24.4 Å². The van der Waals surface area contributed by atoms with Crippen LogP contribution in [0.15, 0.2) is 30.6 Å². The summed E-state index contributed by atoms with van der Waals surface area (Å²) in [7, 11) is -4.14. The maximum absolute atomic E-state index is 12.9. The van der Waals surface area contributed by atoms with Gasteiger partial charge < -0.3 is 4.74 Å². The first-order valence-electron chi connectivity index (χ1n) is 7.77. The molecule has 142 valence electrons. The topological polar surface area (TPSA) is 98.2 Å². The van der Waals surface area contributed by atoms with Crippen molar-refractivity contribution in [1.82, 2.24) is 9.97 Å². The Morgan fingerprint density at radius 3 is 2.44 bits per heavy atom. The molecule has 0 radical (unpaired) electrons. The molecule has 27 heavy (non-hydrogen) atoms. The number of fused-ring (bicyclic) bond motifs is 1. The summed E-state index contributed by atoms with van der Waals surface area (Å²) in [6.45, 7) is 4.95. The van der Waals surface area contributed by atoms with Crippen molar-refractivity contribution in [2.75, 3.05) is 4.72 Å². The summed E-state index contributed by atoms with van der Waals surface area (Å²) in [5.41, 5.74) is -0.661. The van der Waals surface area contributed by atoms with Gasteiger partial charge in [-0.05, 0) is 32.9 Å². The van der Waals surface area contributed by atoms with Crippen LogP contribution in [0.4, 0.5) is 5.82 Å². The van der Waals surface area contributed by atoms with Gasteiger partial charge in [0.2, 0.25) is 0 Å². The third-order valence-electron chi connectivity index (χ3n) is 3.60. The van der Waals surface area contributed by atoms with Crippen LogP contribution in [0.1, 0.15) is 32.0 Å². The predicted octanol–water partition coefficient (Wildman–Crippen LogP) is 3.95. The summed E-state index contributed by atoms with van der Waals surface area (Å²) < 4.78 is 33.6. The molecular formula is C17H15Cl2N3O4S. The molecule has 7 nitrogen and oxygen atoms in total. The summed E-state index contributed by atoms with van der Waals surface area (Å²) in [6, 6.07) is 4.32. The van der Waals surface area contributed by atoms with Gasteiger partial charge in [-0.3, -0.25) is 9.52 Å². The number of esters is 1. The van der Waals surface area contributed by atoms with Gasteiger partial charge in [-0.15, -0.1) is 0 Å². The number of hydrogen-bond donors (Lipinski definition) is 1. The van der Waals surface area contributed by atoms with Crippen molar-refractivity contribution >= 4 is 55.7 Å². The number of sulfonamides is 1. The molecule has 0 saturated carbocycles. The zero-order chi connectivity index (χ0) is 20.0. The fourth-order valence-corrected chi connectivity index (χ4v) is 4.18. The van der Waals surface area contributed by atoms with E-state index in [1.54, 1.807) is 20.8 Å². The largest absolute Gasteiger partial charge is 0.422 e. The van der Waals surface area contributed by atoms with E-state index in [2.05, 4.69) is 14.7 Å². The predicted molar refractivity (Wildman–Crippen MR) is 103 cm³/mol. The second kappa shape index (κ2) is 6.78. The molecule has 1 aromatic heterocycles. The minimum atomic E-state index is -4.14. The highest BCUT2D eigenvalue weighted by molar-refractivity contribution is 8.02. The monoisotopic (exact) mass is 427 g/mol. The molecule has 0 aliphatic carbocycles. The van der Waals surface area contributed by atoms with E-state index in [0.717, 1.165) is 0 Å². The van der Waals surface area contributed by atoms with Gasteiger partial charge in [-0.1, -0.05) is 29.3 Å². The summed E-state index contributed by atoms with van der Waals surface area (Å²) in [5, 5.41) is 0.415. The molecule has 0 unspecified atom stereocenters. The quantitative estimate of drug-likeness (QED) is 0.728. The van der Waals surface area contributed by atoms with Crippen LogP contribution < -0.4 is 4.72 Å². The highest BCUT2D eigenvalue weighted by Crippen LogP contribution is 2.42. The van der Waals surface area contributed by atoms with Crippen LogP contribution in [0.5, 0.6) is 0 Å². The highest BCUT2D eigenvalue weighted by atomic mass is 35.5. The standard InChI is InChI=1S/C17H15Cl2N3O4S/c1-17(2,3)16(23)26-13-12-15(21-7-6-20-12)22-27(24,25)14(13)10-5-4-9(18)8-11(10)19/h4-8H,1-3H3,(H,21,22). The van der Waals surface area contributed by atoms with Gasteiger partial charge in [0.1, 0.15) is 4.91 Å². The normalized spacial score (nSPS) is 15.7. The zero-order valence-corrected chi connectivity index (χ0v) is 16.9. The van der Waals surface area contributed by atoms with E-state index in [1.807, 2.05) is 0 Å². The minimum absolute atomic E-state index is 0.0388. The van der Waals surface area contributed by atoms with E-state index in [0.29, 0.717) is 5.02 Å². The number of carbonyl (C=O) groups is 1. The Kier molecular flexibility index (Phi) is 4.92. The van der Waals surface area contributed by atoms with E-state index in [4.69, 9.17) is 27.9 Å². The van der Waals surface area contributed by atoms with Gasteiger partial charge in [-0.2, -0.15) is 0 Å². The van der Waals surface area contributed by atoms with E-state index < -0.39 is 21.4 Å². The lowest BCUT2D eigenvalue weighted by Gasteiger charge is -2.25. The molecule has 0 atom stereocenters. The molecule has 0 amide bonds. The first-order chi connectivity index (χ1) is 12.5. The van der Waals surface area contributed by atoms with Gasteiger partial charge in [0.15, 0.2) is 17.3 Å². The summed E-state index contributed by atoms with van der Waals surface area (Å²) in [4.78, 5) is 20.3. The number of aromatic nitrogens is 2. The average Bonchev–Trinajstić information content (AvgIpc) is 2.54. The van der Waals surface area contributed by atoms with Crippen molar-refractivity contribution in [3.63, 3.8) is 0 Å². The summed E-state index contributed by atoms with van der Waals surface area (Å²) in [5.74, 6) is -0.905. The van der Waals surface area contributed by atoms with Crippen LogP contribution in [0, 0.1) is 5.41 Å². The second-order valence-electron chi connectivity index (χ2n) is 6.78. The Labute approximate surface area is 166 Å². The number of carbonyl (C=O) groups excluding carboxylic acids is 1. The van der Waals surface area contributed by atoms with Crippen molar-refractivity contribution in [2.45, 2.75) is 20.8 Å². The van der Waals surface area contributed by atoms with E-state index in [1.165, 1.54) is 30.6 Å². The first kappa shape index (κ1) is 19.6. The molecule has 1 aliphatic heterocycles. The van der Waals surface area contributed by atoms with Gasteiger partial charge in [0.25, 0.3) is 10.0 Å². The van der Waals surface area contributed by atoms with Crippen molar-refractivity contribution < 1.29 is 17.9 Å². The van der Waals surface area contributed by atoms with Crippen LogP contribution in [-0.2, 0) is 19.6 Å². The number of halogens is 2. The SMILES string of the molecule is CC(C)(C)C(=O)OC1=C(c2ccc(Cl)cc2Cl)S(=O)(=O)Nc2nccnc21. The van der Waals surface area contributed by atoms with Crippen LogP contribution in [0.2, 0.25) is 10.0 Å². The van der Waals surface area contributed by atoms with Crippen molar-refractivity contribution in [3.8, 4) is 0 Å². The number of nitrogens with one attached hydrogen (secondary N) is 1. The smallest absolute Gasteiger partial charge is 0.316 e. The number of benzene rings is 1. The second-order valence-corrected chi connectivity index (χ2v) is 9.24. The van der Waals surface area contributed by atoms with Crippen molar-refractivity contribution in [1.29, 1.82) is 0 Å². The molecule has 10 heteroatoms. The molecule has 1 aliphatic rings. The Morgan fingerprint density at radius 2 is 1.81 bits per heavy atom. The average molecular weight is 428 g/mol. The molecule has 1 N–H and O–H groups in total. The third-order valence-corrected chi connectivity index (χ3v) is 5.55. The van der Waals surface area contributed by atoms with E-state index in [9.17, 15) is 13.2 Å². The lowest BCUT2D eigenvalue weighted by Crippen LogP contribution is -2.28. The third kappa shape index (κ3) is 3.78. The minimum Gasteiger partial charge on any atom is -0.422 e. The lowest BCUT2D eigenvalue weighted by molar-refractivity contribution is -0.145. The Bertz CT molecular complexity index is 1080. The maximum atomic E-state index is 12.9. The fraction of sp³-hybridized carbons (Fsp3) is 0.235. The molecule has 1 aromatic carbocycles. The summed E-state index contributed by atoms with van der Waals surface area (Å²) >= 11 is 12.1. The molecule has 2 heterocycles. The zero-order valence-electron chi connectivity index (χ0n) is 14.6. The van der Waals surface area contributed by atoms with E-state index >= 15 is 0 Å². The van der Waals surface area contributed by atoms with Gasteiger partial charge in [0, 0.05) is 23.0 Å². The van der Waals surface area contributed by atoms with Crippen molar-refractivity contribution in [3.05, 3.63) is 51.9 Å². The molecule has 0 bridgehead atoms. The number of nitrogens with zero attached hydrogens (tertiary/aromatic N) is 2. The number of anilines is 1. The maximum Gasteiger partial charge on any atom is 0.316 e. The van der Waals surface area contributed by atoms with Crippen molar-refractivity contribution in [2.24, 2.45) is 5.41 Å². The van der Waals surface area contributed by atoms with Gasteiger partial charge in [0.05, 0.1) is 10.4 Å². The van der Waals surface area contributed by atoms with Crippen LogP contribution in [0.25, 0.3) is 10.7 Å². The van der Waals surface area contributed by atoms with Gasteiger partial charge in [-0.25, -0.2) is 18.4 Å². The molecule has 0 fully saturated rings. The van der Waals surface area contributed by atoms with Gasteiger partial charge >= 0.3 is 5.97 Å². The number of hydrogen-bond acceptors (Lipinski definition) is 6.